The molecule has 0 unspecified atom stereocenters. The van der Waals surface area contributed by atoms with E-state index in [1.165, 1.54) is 5.56 Å². The van der Waals surface area contributed by atoms with Crippen molar-refractivity contribution in [2.75, 3.05) is 19.6 Å². The number of carbonyl (C=O) groups is 1. The van der Waals surface area contributed by atoms with Crippen LogP contribution in [0.15, 0.2) is 30.3 Å². The Kier molecular flexibility index (Phi) is 4.56. The lowest BCUT2D eigenvalue weighted by molar-refractivity contribution is -0.125. The lowest BCUT2D eigenvalue weighted by Crippen LogP contribution is -2.41. The summed E-state index contributed by atoms with van der Waals surface area (Å²) in [4.78, 5) is 11.8. The van der Waals surface area contributed by atoms with Gasteiger partial charge in [-0.15, -0.1) is 0 Å². The monoisotopic (exact) mass is 232 g/mol. The molecule has 1 aromatic rings. The number of amides is 1. The van der Waals surface area contributed by atoms with Crippen LogP contribution in [0.1, 0.15) is 18.4 Å². The van der Waals surface area contributed by atoms with Crippen LogP contribution in [-0.2, 0) is 11.2 Å². The minimum Gasteiger partial charge on any atom is -0.355 e. The Bertz CT molecular complexity index is 344. The molecule has 2 N–H and O–H groups in total. The van der Waals surface area contributed by atoms with E-state index in [-0.39, 0.29) is 11.8 Å². The van der Waals surface area contributed by atoms with Crippen molar-refractivity contribution in [3.8, 4) is 0 Å². The van der Waals surface area contributed by atoms with Crippen molar-refractivity contribution in [2.45, 2.75) is 19.3 Å². The third kappa shape index (κ3) is 3.86. The van der Waals surface area contributed by atoms with Crippen LogP contribution in [0.25, 0.3) is 0 Å². The summed E-state index contributed by atoms with van der Waals surface area (Å²) in [6.07, 6.45) is 3.04. The van der Waals surface area contributed by atoms with Crippen molar-refractivity contribution in [1.29, 1.82) is 0 Å². The van der Waals surface area contributed by atoms with Gasteiger partial charge < -0.3 is 10.6 Å². The Hall–Kier alpha value is -1.35. The fraction of sp³-hybridized carbons (Fsp3) is 0.500. The first-order chi connectivity index (χ1) is 8.36. The van der Waals surface area contributed by atoms with Gasteiger partial charge in [-0.05, 0) is 31.4 Å². The molecule has 0 radical (unpaired) electrons. The summed E-state index contributed by atoms with van der Waals surface area (Å²) in [5, 5.41) is 6.28. The highest BCUT2D eigenvalue weighted by Gasteiger charge is 2.19. The van der Waals surface area contributed by atoms with Gasteiger partial charge >= 0.3 is 0 Å². The predicted octanol–water partition coefficient (Wildman–Crippen LogP) is 1.34. The molecule has 1 aromatic carbocycles. The second-order valence-corrected chi connectivity index (χ2v) is 4.57. The minimum atomic E-state index is 0.166. The van der Waals surface area contributed by atoms with Crippen molar-refractivity contribution in [1.82, 2.24) is 10.6 Å². The van der Waals surface area contributed by atoms with E-state index in [0.29, 0.717) is 0 Å². The average molecular weight is 232 g/mol. The highest BCUT2D eigenvalue weighted by molar-refractivity contribution is 5.78. The van der Waals surface area contributed by atoms with Crippen LogP contribution >= 0.6 is 0 Å². The van der Waals surface area contributed by atoms with Crippen molar-refractivity contribution in [3.63, 3.8) is 0 Å². The standard InChI is InChI=1S/C14H20N2O/c17-14(13-7-4-9-15-11-13)16-10-8-12-5-2-1-3-6-12/h1-3,5-6,13,15H,4,7-11H2,(H,16,17)/t13-/m0/s1. The van der Waals surface area contributed by atoms with E-state index >= 15 is 0 Å². The summed E-state index contributed by atoms with van der Waals surface area (Å²) < 4.78 is 0. The Morgan fingerprint density at radius 3 is 2.88 bits per heavy atom. The molecule has 0 aliphatic carbocycles. The summed E-state index contributed by atoms with van der Waals surface area (Å²) >= 11 is 0. The van der Waals surface area contributed by atoms with Crippen molar-refractivity contribution in [3.05, 3.63) is 35.9 Å². The van der Waals surface area contributed by atoms with Crippen molar-refractivity contribution in [2.24, 2.45) is 5.92 Å². The van der Waals surface area contributed by atoms with Gasteiger partial charge in [0.15, 0.2) is 0 Å². The van der Waals surface area contributed by atoms with Gasteiger partial charge in [0.05, 0.1) is 5.92 Å². The first-order valence-corrected chi connectivity index (χ1v) is 6.38. The van der Waals surface area contributed by atoms with Gasteiger partial charge in [0.2, 0.25) is 5.91 Å². The first kappa shape index (κ1) is 12.1. The Labute approximate surface area is 103 Å². The summed E-state index contributed by atoms with van der Waals surface area (Å²) in [7, 11) is 0. The molecule has 1 saturated heterocycles. The van der Waals surface area contributed by atoms with Crippen LogP contribution in [0.3, 0.4) is 0 Å². The van der Waals surface area contributed by atoms with Crippen LogP contribution in [0.4, 0.5) is 0 Å². The van der Waals surface area contributed by atoms with Crippen LogP contribution in [0.5, 0.6) is 0 Å². The maximum absolute atomic E-state index is 11.8. The molecule has 1 heterocycles. The van der Waals surface area contributed by atoms with E-state index in [2.05, 4.69) is 22.8 Å². The predicted molar refractivity (Wildman–Crippen MR) is 68.7 cm³/mol. The molecular formula is C14H20N2O. The van der Waals surface area contributed by atoms with Crippen molar-refractivity contribution >= 4 is 5.91 Å². The van der Waals surface area contributed by atoms with Crippen LogP contribution in [-0.4, -0.2) is 25.5 Å². The number of piperidine rings is 1. The highest BCUT2D eigenvalue weighted by atomic mass is 16.1. The van der Waals surface area contributed by atoms with Gasteiger partial charge in [0, 0.05) is 13.1 Å². The number of nitrogens with one attached hydrogen (secondary N) is 2. The molecule has 1 aliphatic heterocycles. The molecule has 3 nitrogen and oxygen atoms in total. The molecule has 0 spiro atoms. The Balaban J connectivity index is 1.69. The van der Waals surface area contributed by atoms with Crippen LogP contribution in [0, 0.1) is 5.92 Å². The normalized spacial score (nSPS) is 19.9. The van der Waals surface area contributed by atoms with E-state index in [9.17, 15) is 4.79 Å². The minimum absolute atomic E-state index is 0.166. The number of rotatable bonds is 4. The second-order valence-electron chi connectivity index (χ2n) is 4.57. The molecule has 3 heteroatoms. The molecular weight excluding hydrogens is 212 g/mol. The second kappa shape index (κ2) is 6.40. The van der Waals surface area contributed by atoms with Gasteiger partial charge in [-0.1, -0.05) is 30.3 Å². The summed E-state index contributed by atoms with van der Waals surface area (Å²) in [6, 6.07) is 10.3. The smallest absolute Gasteiger partial charge is 0.224 e. The maximum atomic E-state index is 11.8. The van der Waals surface area contributed by atoms with Gasteiger partial charge in [-0.3, -0.25) is 4.79 Å². The largest absolute Gasteiger partial charge is 0.355 e. The molecule has 92 valence electrons. The molecule has 1 fully saturated rings. The van der Waals surface area contributed by atoms with E-state index in [0.717, 1.165) is 38.9 Å². The number of carbonyl (C=O) groups excluding carboxylic acids is 1. The lowest BCUT2D eigenvalue weighted by Gasteiger charge is -2.21. The molecule has 1 aliphatic rings. The number of hydrogen-bond donors (Lipinski definition) is 2. The lowest BCUT2D eigenvalue weighted by atomic mass is 9.99. The molecule has 0 aromatic heterocycles. The third-order valence-corrected chi connectivity index (χ3v) is 3.22. The molecule has 1 atom stereocenters. The van der Waals surface area contributed by atoms with Gasteiger partial charge in [-0.2, -0.15) is 0 Å². The zero-order valence-corrected chi connectivity index (χ0v) is 10.1. The number of hydrogen-bond acceptors (Lipinski definition) is 2. The Morgan fingerprint density at radius 2 is 2.18 bits per heavy atom. The first-order valence-electron chi connectivity index (χ1n) is 6.38. The fourth-order valence-corrected chi connectivity index (χ4v) is 2.19. The highest BCUT2D eigenvalue weighted by Crippen LogP contribution is 2.09. The molecule has 0 bridgehead atoms. The molecule has 2 rings (SSSR count). The van der Waals surface area contributed by atoms with Gasteiger partial charge in [-0.25, -0.2) is 0 Å². The quantitative estimate of drug-likeness (QED) is 0.822. The van der Waals surface area contributed by atoms with Gasteiger partial charge in [0.25, 0.3) is 0 Å². The Morgan fingerprint density at radius 1 is 1.35 bits per heavy atom. The summed E-state index contributed by atoms with van der Waals surface area (Å²) in [6.45, 7) is 2.62. The molecule has 17 heavy (non-hydrogen) atoms. The van der Waals surface area contributed by atoms with Gasteiger partial charge in [0.1, 0.15) is 0 Å². The summed E-state index contributed by atoms with van der Waals surface area (Å²) in [5.41, 5.74) is 1.27. The average Bonchev–Trinajstić information content (AvgIpc) is 2.41. The fourth-order valence-electron chi connectivity index (χ4n) is 2.19. The van der Waals surface area contributed by atoms with E-state index in [1.807, 2.05) is 18.2 Å². The molecule has 1 amide bonds. The van der Waals surface area contributed by atoms with Crippen molar-refractivity contribution < 1.29 is 4.79 Å². The zero-order chi connectivity index (χ0) is 11.9. The van der Waals surface area contributed by atoms with Crippen LogP contribution < -0.4 is 10.6 Å². The SMILES string of the molecule is O=C(NCCc1ccccc1)[C@H]1CCCNC1. The van der Waals surface area contributed by atoms with E-state index in [4.69, 9.17) is 0 Å². The summed E-state index contributed by atoms with van der Waals surface area (Å²) in [5.74, 6) is 0.368. The maximum Gasteiger partial charge on any atom is 0.224 e. The topological polar surface area (TPSA) is 41.1 Å². The van der Waals surface area contributed by atoms with Crippen LogP contribution in [0.2, 0.25) is 0 Å². The zero-order valence-electron chi connectivity index (χ0n) is 10.1. The third-order valence-electron chi connectivity index (χ3n) is 3.22. The van der Waals surface area contributed by atoms with E-state index < -0.39 is 0 Å². The number of benzene rings is 1. The molecule has 0 saturated carbocycles. The van der Waals surface area contributed by atoms with E-state index in [1.54, 1.807) is 0 Å².